The van der Waals surface area contributed by atoms with Gasteiger partial charge in [0.1, 0.15) is 5.75 Å². The summed E-state index contributed by atoms with van der Waals surface area (Å²) in [6.45, 7) is 0.554. The van der Waals surface area contributed by atoms with E-state index in [2.05, 4.69) is 25.9 Å². The molecule has 2 aromatic rings. The van der Waals surface area contributed by atoms with Crippen LogP contribution in [-0.2, 0) is 11.3 Å². The van der Waals surface area contributed by atoms with Crippen LogP contribution in [0.1, 0.15) is 5.56 Å². The highest BCUT2D eigenvalue weighted by molar-refractivity contribution is 9.10. The molecule has 1 aromatic heterocycles. The maximum atomic E-state index is 5.52. The van der Waals surface area contributed by atoms with Crippen LogP contribution in [0.4, 0.5) is 0 Å². The number of halogens is 1. The van der Waals surface area contributed by atoms with E-state index in [-0.39, 0.29) is 0 Å². The number of nitrogens with zero attached hydrogens (tertiary/aromatic N) is 2. The highest BCUT2D eigenvalue weighted by Gasteiger charge is 2.01. The molecular formula is C12H11BrN2O2. The smallest absolute Gasteiger partial charge is 0.321 e. The van der Waals surface area contributed by atoms with Crippen molar-refractivity contribution in [3.8, 4) is 11.8 Å². The molecule has 0 saturated heterocycles. The first-order chi connectivity index (χ1) is 8.28. The first-order valence-electron chi connectivity index (χ1n) is 5.01. The summed E-state index contributed by atoms with van der Waals surface area (Å²) < 4.78 is 11.4. The highest BCUT2D eigenvalue weighted by atomic mass is 79.9. The van der Waals surface area contributed by atoms with Gasteiger partial charge in [0, 0.05) is 19.5 Å². The summed E-state index contributed by atoms with van der Waals surface area (Å²) in [4.78, 5) is 8.08. The van der Waals surface area contributed by atoms with E-state index in [0.29, 0.717) is 18.4 Å². The van der Waals surface area contributed by atoms with Crippen LogP contribution in [0, 0.1) is 0 Å². The Kier molecular flexibility index (Phi) is 4.06. The van der Waals surface area contributed by atoms with Crippen molar-refractivity contribution in [1.82, 2.24) is 9.97 Å². The van der Waals surface area contributed by atoms with Crippen LogP contribution < -0.4 is 4.74 Å². The van der Waals surface area contributed by atoms with E-state index in [9.17, 15) is 0 Å². The van der Waals surface area contributed by atoms with E-state index in [1.807, 2.05) is 24.3 Å². The van der Waals surface area contributed by atoms with Gasteiger partial charge in [0.2, 0.25) is 0 Å². The zero-order valence-electron chi connectivity index (χ0n) is 9.26. The summed E-state index contributed by atoms with van der Waals surface area (Å²) in [6.07, 6.45) is 3.28. The molecule has 4 nitrogen and oxygen atoms in total. The zero-order chi connectivity index (χ0) is 12.1. The third kappa shape index (κ3) is 3.51. The first kappa shape index (κ1) is 12.0. The molecular weight excluding hydrogens is 284 g/mol. The van der Waals surface area contributed by atoms with Gasteiger partial charge in [-0.1, -0.05) is 12.1 Å². The normalized spacial score (nSPS) is 10.2. The van der Waals surface area contributed by atoms with Crippen molar-refractivity contribution in [1.29, 1.82) is 0 Å². The predicted octanol–water partition coefficient (Wildman–Crippen LogP) is 3.18. The average molecular weight is 295 g/mol. The van der Waals surface area contributed by atoms with Crippen molar-refractivity contribution in [2.45, 2.75) is 6.61 Å². The molecule has 0 radical (unpaired) electrons. The first-order valence-corrected chi connectivity index (χ1v) is 5.80. The Bertz CT molecular complexity index is 488. The molecule has 88 valence electrons. The van der Waals surface area contributed by atoms with Crippen molar-refractivity contribution in [2.75, 3.05) is 7.11 Å². The molecule has 0 unspecified atom stereocenters. The number of ether oxygens (including phenoxy) is 2. The van der Waals surface area contributed by atoms with Gasteiger partial charge in [0.15, 0.2) is 0 Å². The van der Waals surface area contributed by atoms with Gasteiger partial charge in [-0.2, -0.15) is 0 Å². The third-order valence-electron chi connectivity index (χ3n) is 2.02. The summed E-state index contributed by atoms with van der Waals surface area (Å²) in [5.41, 5.74) is 1.04. The van der Waals surface area contributed by atoms with Gasteiger partial charge in [-0.05, 0) is 33.6 Å². The van der Waals surface area contributed by atoms with Crippen molar-refractivity contribution in [3.63, 3.8) is 0 Å². The fraction of sp³-hybridized carbons (Fsp3) is 0.167. The molecule has 0 N–H and O–H groups in total. The highest BCUT2D eigenvalue weighted by Crippen LogP contribution is 2.19. The molecule has 17 heavy (non-hydrogen) atoms. The molecule has 1 aromatic carbocycles. The molecule has 1 heterocycles. The Labute approximate surface area is 108 Å². The lowest BCUT2D eigenvalue weighted by Crippen LogP contribution is -1.92. The van der Waals surface area contributed by atoms with E-state index >= 15 is 0 Å². The predicted molar refractivity (Wildman–Crippen MR) is 67.0 cm³/mol. The molecule has 2 rings (SSSR count). The number of rotatable bonds is 4. The van der Waals surface area contributed by atoms with Gasteiger partial charge in [-0.3, -0.25) is 0 Å². The molecule has 0 spiro atoms. The van der Waals surface area contributed by atoms with Crippen LogP contribution in [0.15, 0.2) is 41.1 Å². The fourth-order valence-electron chi connectivity index (χ4n) is 1.32. The van der Waals surface area contributed by atoms with E-state index in [1.165, 1.54) is 0 Å². The molecule has 0 atom stereocenters. The van der Waals surface area contributed by atoms with Crippen LogP contribution in [0.2, 0.25) is 0 Å². The van der Waals surface area contributed by atoms with Crippen LogP contribution in [0.3, 0.4) is 0 Å². The molecule has 0 bridgehead atoms. The summed E-state index contributed by atoms with van der Waals surface area (Å²) in [5.74, 6) is 0.696. The molecule has 0 saturated carbocycles. The second-order valence-corrected chi connectivity index (χ2v) is 4.28. The van der Waals surface area contributed by atoms with E-state index in [4.69, 9.17) is 9.47 Å². The second-order valence-electron chi connectivity index (χ2n) is 3.37. The maximum absolute atomic E-state index is 5.52. The minimum Gasteiger partial charge on any atom is -0.424 e. The number of methoxy groups -OCH3 is 1. The molecule has 0 amide bonds. The molecule has 0 aliphatic heterocycles. The summed E-state index contributed by atoms with van der Waals surface area (Å²) in [7, 11) is 1.66. The molecule has 0 aliphatic rings. The third-order valence-corrected chi connectivity index (χ3v) is 2.42. The quantitative estimate of drug-likeness (QED) is 0.869. The average Bonchev–Trinajstić information content (AvgIpc) is 2.33. The Morgan fingerprint density at radius 2 is 2.00 bits per heavy atom. The maximum Gasteiger partial charge on any atom is 0.321 e. The van der Waals surface area contributed by atoms with Crippen molar-refractivity contribution in [2.24, 2.45) is 0 Å². The van der Waals surface area contributed by atoms with Gasteiger partial charge in [0.05, 0.1) is 11.1 Å². The lowest BCUT2D eigenvalue weighted by molar-refractivity contribution is 0.184. The van der Waals surface area contributed by atoms with Crippen molar-refractivity contribution in [3.05, 3.63) is 46.7 Å². The monoisotopic (exact) mass is 294 g/mol. The Hall–Kier alpha value is -1.46. The topological polar surface area (TPSA) is 44.2 Å². The van der Waals surface area contributed by atoms with Gasteiger partial charge < -0.3 is 9.47 Å². The lowest BCUT2D eigenvalue weighted by Gasteiger charge is -2.05. The lowest BCUT2D eigenvalue weighted by atomic mass is 10.2. The minimum absolute atomic E-state index is 0.322. The minimum atomic E-state index is 0.322. The van der Waals surface area contributed by atoms with Gasteiger partial charge >= 0.3 is 6.01 Å². The molecule has 5 heteroatoms. The number of hydrogen-bond acceptors (Lipinski definition) is 4. The van der Waals surface area contributed by atoms with Crippen LogP contribution in [-0.4, -0.2) is 17.1 Å². The van der Waals surface area contributed by atoms with E-state index < -0.39 is 0 Å². The number of hydrogen-bond donors (Lipinski definition) is 0. The zero-order valence-corrected chi connectivity index (χ0v) is 10.8. The van der Waals surface area contributed by atoms with E-state index in [0.717, 1.165) is 10.0 Å². The standard InChI is InChI=1S/C12H11BrN2O2/c1-16-8-9-3-2-4-11(5-9)17-12-14-6-10(13)7-15-12/h2-7H,8H2,1H3. The largest absolute Gasteiger partial charge is 0.424 e. The summed E-state index contributed by atoms with van der Waals surface area (Å²) in [5, 5.41) is 0. The summed E-state index contributed by atoms with van der Waals surface area (Å²) in [6, 6.07) is 7.95. The SMILES string of the molecule is COCc1cccc(Oc2ncc(Br)cn2)c1. The number of aromatic nitrogens is 2. The van der Waals surface area contributed by atoms with Crippen LogP contribution in [0.25, 0.3) is 0 Å². The Balaban J connectivity index is 2.12. The van der Waals surface area contributed by atoms with E-state index in [1.54, 1.807) is 19.5 Å². The Morgan fingerprint density at radius 3 is 2.71 bits per heavy atom. The van der Waals surface area contributed by atoms with Crippen LogP contribution >= 0.6 is 15.9 Å². The molecule has 0 fully saturated rings. The van der Waals surface area contributed by atoms with Gasteiger partial charge in [-0.25, -0.2) is 9.97 Å². The van der Waals surface area contributed by atoms with Crippen molar-refractivity contribution < 1.29 is 9.47 Å². The Morgan fingerprint density at radius 1 is 1.24 bits per heavy atom. The number of benzene rings is 1. The fourth-order valence-corrected chi connectivity index (χ4v) is 1.53. The second kappa shape index (κ2) is 5.75. The molecule has 0 aliphatic carbocycles. The van der Waals surface area contributed by atoms with Crippen LogP contribution in [0.5, 0.6) is 11.8 Å². The van der Waals surface area contributed by atoms with Gasteiger partial charge in [-0.15, -0.1) is 0 Å². The summed E-state index contributed by atoms with van der Waals surface area (Å²) >= 11 is 3.27. The van der Waals surface area contributed by atoms with Gasteiger partial charge in [0.25, 0.3) is 0 Å². The van der Waals surface area contributed by atoms with Crippen molar-refractivity contribution >= 4 is 15.9 Å².